The van der Waals surface area contributed by atoms with Crippen LogP contribution in [-0.2, 0) is 0 Å². The van der Waals surface area contributed by atoms with Crippen molar-refractivity contribution in [2.75, 3.05) is 14.1 Å². The van der Waals surface area contributed by atoms with Crippen molar-refractivity contribution < 1.29 is 4.39 Å². The number of rotatable bonds is 3. The minimum atomic E-state index is -0.435. The lowest BCUT2D eigenvalue weighted by atomic mass is 10.0. The van der Waals surface area contributed by atoms with Gasteiger partial charge in [-0.15, -0.1) is 0 Å². The highest BCUT2D eigenvalue weighted by Crippen LogP contribution is 2.25. The summed E-state index contributed by atoms with van der Waals surface area (Å²) in [5, 5.41) is 8.78. The maximum Gasteiger partial charge on any atom is 0.141 e. The van der Waals surface area contributed by atoms with Crippen LogP contribution in [0.25, 0.3) is 0 Å². The Bertz CT molecular complexity index is 385. The van der Waals surface area contributed by atoms with Gasteiger partial charge in [0.2, 0.25) is 0 Å². The number of nitrogens with zero attached hydrogens (tertiary/aromatic N) is 2. The molecule has 0 saturated carbocycles. The molecule has 1 atom stereocenters. The Balaban J connectivity index is 3.02. The number of nitriles is 1. The van der Waals surface area contributed by atoms with Gasteiger partial charge >= 0.3 is 0 Å². The Morgan fingerprint density at radius 3 is 2.67 bits per heavy atom. The van der Waals surface area contributed by atoms with Gasteiger partial charge in [0.05, 0.1) is 17.5 Å². The number of hydrogen-bond acceptors (Lipinski definition) is 2. The Hall–Kier alpha value is -1.11. The van der Waals surface area contributed by atoms with Gasteiger partial charge in [0.25, 0.3) is 0 Å². The molecule has 1 unspecified atom stereocenters. The highest BCUT2D eigenvalue weighted by atomic mass is 35.5. The summed E-state index contributed by atoms with van der Waals surface area (Å²) >= 11 is 5.69. The van der Waals surface area contributed by atoms with Crippen LogP contribution in [0, 0.1) is 17.1 Å². The third-order valence-corrected chi connectivity index (χ3v) is 2.53. The fourth-order valence-corrected chi connectivity index (χ4v) is 1.59. The minimum Gasteiger partial charge on any atom is -0.301 e. The second-order valence-corrected chi connectivity index (χ2v) is 3.92. The molecule has 1 aromatic carbocycles. The van der Waals surface area contributed by atoms with Crippen LogP contribution in [0.1, 0.15) is 18.0 Å². The maximum absolute atomic E-state index is 12.9. The van der Waals surface area contributed by atoms with E-state index in [0.29, 0.717) is 6.42 Å². The quantitative estimate of drug-likeness (QED) is 0.792. The molecule has 1 aromatic rings. The zero-order valence-corrected chi connectivity index (χ0v) is 9.42. The third-order valence-electron chi connectivity index (χ3n) is 2.24. The van der Waals surface area contributed by atoms with Gasteiger partial charge in [0, 0.05) is 6.04 Å². The van der Waals surface area contributed by atoms with E-state index in [9.17, 15) is 4.39 Å². The molecule has 0 saturated heterocycles. The average Bonchev–Trinajstić information content (AvgIpc) is 2.18. The van der Waals surface area contributed by atoms with E-state index in [2.05, 4.69) is 6.07 Å². The fraction of sp³-hybridized carbons (Fsp3) is 0.364. The molecule has 0 aliphatic heterocycles. The van der Waals surface area contributed by atoms with Gasteiger partial charge in [0.15, 0.2) is 0 Å². The lowest BCUT2D eigenvalue weighted by Crippen LogP contribution is -2.19. The van der Waals surface area contributed by atoms with Gasteiger partial charge in [-0.25, -0.2) is 4.39 Å². The molecule has 0 aliphatic rings. The molecule has 0 heterocycles. The second-order valence-electron chi connectivity index (χ2n) is 3.52. The van der Waals surface area contributed by atoms with Crippen LogP contribution < -0.4 is 0 Å². The monoisotopic (exact) mass is 226 g/mol. The van der Waals surface area contributed by atoms with Crippen molar-refractivity contribution in [1.82, 2.24) is 4.90 Å². The molecule has 0 radical (unpaired) electrons. The highest BCUT2D eigenvalue weighted by molar-refractivity contribution is 6.30. The zero-order valence-electron chi connectivity index (χ0n) is 8.67. The molecule has 0 bridgehead atoms. The molecule has 0 aromatic heterocycles. The minimum absolute atomic E-state index is 0.0481. The molecular formula is C11H12ClFN2. The molecule has 0 aliphatic carbocycles. The van der Waals surface area contributed by atoms with Crippen LogP contribution >= 0.6 is 11.6 Å². The van der Waals surface area contributed by atoms with E-state index in [1.165, 1.54) is 6.07 Å². The lowest BCUT2D eigenvalue weighted by molar-refractivity contribution is 0.303. The molecule has 0 N–H and O–H groups in total. The van der Waals surface area contributed by atoms with Crippen LogP contribution in [0.3, 0.4) is 0 Å². The number of halogens is 2. The van der Waals surface area contributed by atoms with Crippen molar-refractivity contribution in [3.05, 3.63) is 34.6 Å². The van der Waals surface area contributed by atoms with E-state index in [0.717, 1.165) is 5.56 Å². The van der Waals surface area contributed by atoms with Gasteiger partial charge in [-0.2, -0.15) is 5.26 Å². The van der Waals surface area contributed by atoms with Crippen molar-refractivity contribution >= 4 is 11.6 Å². The van der Waals surface area contributed by atoms with E-state index >= 15 is 0 Å². The Morgan fingerprint density at radius 1 is 1.53 bits per heavy atom. The van der Waals surface area contributed by atoms with E-state index < -0.39 is 5.82 Å². The molecule has 0 fully saturated rings. The molecular weight excluding hydrogens is 215 g/mol. The molecule has 2 nitrogen and oxygen atoms in total. The Labute approximate surface area is 93.9 Å². The first-order valence-electron chi connectivity index (χ1n) is 4.54. The topological polar surface area (TPSA) is 27.0 Å². The summed E-state index contributed by atoms with van der Waals surface area (Å²) in [6.07, 6.45) is 0.356. The van der Waals surface area contributed by atoms with Crippen molar-refractivity contribution in [3.8, 4) is 6.07 Å². The van der Waals surface area contributed by atoms with Crippen molar-refractivity contribution in [2.45, 2.75) is 12.5 Å². The first-order valence-corrected chi connectivity index (χ1v) is 4.92. The summed E-state index contributed by atoms with van der Waals surface area (Å²) in [6.45, 7) is 0. The third kappa shape index (κ3) is 2.92. The first-order chi connectivity index (χ1) is 7.06. The van der Waals surface area contributed by atoms with Gasteiger partial charge in [-0.1, -0.05) is 17.7 Å². The standard InChI is InChI=1S/C11H12ClFN2/c1-15(2)11(5-6-14)8-3-4-10(13)9(12)7-8/h3-4,7,11H,5H2,1-2H3. The Morgan fingerprint density at radius 2 is 2.20 bits per heavy atom. The average molecular weight is 227 g/mol. The van der Waals surface area contributed by atoms with Crippen molar-refractivity contribution in [3.63, 3.8) is 0 Å². The largest absolute Gasteiger partial charge is 0.301 e. The summed E-state index contributed by atoms with van der Waals surface area (Å²) in [6, 6.07) is 6.60. The smallest absolute Gasteiger partial charge is 0.141 e. The predicted octanol–water partition coefficient (Wildman–Crippen LogP) is 3.00. The van der Waals surface area contributed by atoms with Crippen LogP contribution in [0.15, 0.2) is 18.2 Å². The highest BCUT2D eigenvalue weighted by Gasteiger charge is 2.14. The maximum atomic E-state index is 12.9. The first kappa shape index (κ1) is 12.0. The van der Waals surface area contributed by atoms with Gasteiger partial charge < -0.3 is 4.90 Å². The van der Waals surface area contributed by atoms with E-state index in [1.54, 1.807) is 12.1 Å². The van der Waals surface area contributed by atoms with E-state index in [1.807, 2.05) is 19.0 Å². The molecule has 0 amide bonds. The van der Waals surface area contributed by atoms with Crippen LogP contribution in [0.5, 0.6) is 0 Å². The summed E-state index contributed by atoms with van der Waals surface area (Å²) in [5.41, 5.74) is 0.855. The lowest BCUT2D eigenvalue weighted by Gasteiger charge is -2.22. The van der Waals surface area contributed by atoms with Crippen molar-refractivity contribution in [1.29, 1.82) is 5.26 Å². The SMILES string of the molecule is CN(C)C(CC#N)c1ccc(F)c(Cl)c1. The van der Waals surface area contributed by atoms with Crippen molar-refractivity contribution in [2.24, 2.45) is 0 Å². The van der Waals surface area contributed by atoms with Crippen LogP contribution in [0.4, 0.5) is 4.39 Å². The second kappa shape index (κ2) is 5.11. The normalized spacial score (nSPS) is 12.5. The summed E-state index contributed by atoms with van der Waals surface area (Å²) in [4.78, 5) is 1.91. The fourth-order valence-electron chi connectivity index (χ4n) is 1.40. The molecule has 0 spiro atoms. The number of benzene rings is 1. The number of hydrogen-bond donors (Lipinski definition) is 0. The molecule has 80 valence electrons. The van der Waals surface area contributed by atoms with Crippen LogP contribution in [0.2, 0.25) is 5.02 Å². The van der Waals surface area contributed by atoms with Gasteiger partial charge in [-0.05, 0) is 31.8 Å². The van der Waals surface area contributed by atoms with E-state index in [4.69, 9.17) is 16.9 Å². The van der Waals surface area contributed by atoms with E-state index in [-0.39, 0.29) is 11.1 Å². The summed E-state index contributed by atoms with van der Waals surface area (Å²) in [5.74, 6) is -0.435. The zero-order chi connectivity index (χ0) is 11.4. The summed E-state index contributed by atoms with van der Waals surface area (Å²) in [7, 11) is 3.75. The summed E-state index contributed by atoms with van der Waals surface area (Å²) < 4.78 is 12.9. The van der Waals surface area contributed by atoms with Gasteiger partial charge in [-0.3, -0.25) is 0 Å². The molecule has 1 rings (SSSR count). The predicted molar refractivity (Wildman–Crippen MR) is 58.1 cm³/mol. The molecule has 15 heavy (non-hydrogen) atoms. The van der Waals surface area contributed by atoms with Gasteiger partial charge in [0.1, 0.15) is 5.82 Å². The van der Waals surface area contributed by atoms with Crippen LogP contribution in [-0.4, -0.2) is 19.0 Å². The Kier molecular flexibility index (Phi) is 4.07. The molecule has 4 heteroatoms.